The maximum Gasteiger partial charge on any atom is 0.274 e. The summed E-state index contributed by atoms with van der Waals surface area (Å²) in [6.45, 7) is 8.51. The van der Waals surface area contributed by atoms with Crippen LogP contribution >= 0.6 is 27.3 Å². The smallest absolute Gasteiger partial charge is 0.274 e. The molecule has 0 aromatic carbocycles. The van der Waals surface area contributed by atoms with Gasteiger partial charge in [0.05, 0.1) is 15.6 Å². The van der Waals surface area contributed by atoms with Crippen molar-refractivity contribution in [3.63, 3.8) is 0 Å². The SMILES string of the molecule is CC(C)OC(C)(C)c1nc(NC(=O)c2cccn2Cc2ccncc2)sc1Br. The molecule has 0 aliphatic heterocycles. The number of thiazole rings is 1. The van der Waals surface area contributed by atoms with Crippen LogP contribution in [0.4, 0.5) is 5.13 Å². The van der Waals surface area contributed by atoms with E-state index in [1.165, 1.54) is 11.3 Å². The van der Waals surface area contributed by atoms with Gasteiger partial charge in [0, 0.05) is 25.1 Å². The molecule has 0 saturated heterocycles. The minimum atomic E-state index is -0.561. The first-order valence-electron chi connectivity index (χ1n) is 8.96. The Balaban J connectivity index is 1.76. The summed E-state index contributed by atoms with van der Waals surface area (Å²) in [5.41, 5.74) is 1.86. The van der Waals surface area contributed by atoms with E-state index < -0.39 is 5.60 Å². The Morgan fingerprint density at radius 3 is 2.71 bits per heavy atom. The summed E-state index contributed by atoms with van der Waals surface area (Å²) >= 11 is 4.93. The van der Waals surface area contributed by atoms with E-state index in [2.05, 4.69) is 31.2 Å². The number of rotatable bonds is 7. The number of halogens is 1. The first kappa shape index (κ1) is 20.7. The van der Waals surface area contributed by atoms with Crippen LogP contribution in [0.2, 0.25) is 0 Å². The molecule has 8 heteroatoms. The van der Waals surface area contributed by atoms with Crippen LogP contribution in [0, 0.1) is 0 Å². The highest BCUT2D eigenvalue weighted by molar-refractivity contribution is 9.11. The van der Waals surface area contributed by atoms with E-state index in [4.69, 9.17) is 4.74 Å². The average Bonchev–Trinajstić information content (AvgIpc) is 3.21. The second kappa shape index (κ2) is 8.55. The Morgan fingerprint density at radius 2 is 2.04 bits per heavy atom. The molecule has 3 heterocycles. The van der Waals surface area contributed by atoms with Crippen LogP contribution in [0.5, 0.6) is 0 Å². The molecule has 0 radical (unpaired) electrons. The number of pyridine rings is 1. The van der Waals surface area contributed by atoms with Crippen molar-refractivity contribution in [3.8, 4) is 0 Å². The summed E-state index contributed by atoms with van der Waals surface area (Å²) in [6, 6.07) is 7.52. The van der Waals surface area contributed by atoms with E-state index in [0.29, 0.717) is 17.4 Å². The fourth-order valence-electron chi connectivity index (χ4n) is 2.98. The Bertz CT molecular complexity index is 950. The van der Waals surface area contributed by atoms with Gasteiger partial charge >= 0.3 is 0 Å². The number of carbonyl (C=O) groups is 1. The van der Waals surface area contributed by atoms with Gasteiger partial charge in [0.1, 0.15) is 11.3 Å². The number of aromatic nitrogens is 3. The number of carbonyl (C=O) groups excluding carboxylic acids is 1. The third kappa shape index (κ3) is 4.87. The van der Waals surface area contributed by atoms with Crippen molar-refractivity contribution in [2.24, 2.45) is 0 Å². The number of hydrogen-bond acceptors (Lipinski definition) is 5. The minimum absolute atomic E-state index is 0.0677. The van der Waals surface area contributed by atoms with Crippen molar-refractivity contribution >= 4 is 38.3 Å². The molecule has 0 fully saturated rings. The molecular formula is C20H23BrN4O2S. The highest BCUT2D eigenvalue weighted by atomic mass is 79.9. The lowest BCUT2D eigenvalue weighted by molar-refractivity contribution is -0.0627. The summed E-state index contributed by atoms with van der Waals surface area (Å²) in [4.78, 5) is 21.4. The second-order valence-electron chi connectivity index (χ2n) is 7.15. The highest BCUT2D eigenvalue weighted by Crippen LogP contribution is 2.37. The molecule has 1 N–H and O–H groups in total. The van der Waals surface area contributed by atoms with E-state index in [9.17, 15) is 4.79 Å². The van der Waals surface area contributed by atoms with Gasteiger partial charge in [0.2, 0.25) is 0 Å². The Morgan fingerprint density at radius 1 is 1.32 bits per heavy atom. The van der Waals surface area contributed by atoms with E-state index in [1.54, 1.807) is 18.5 Å². The molecule has 28 heavy (non-hydrogen) atoms. The van der Waals surface area contributed by atoms with Gasteiger partial charge in [-0.05, 0) is 73.5 Å². The Labute approximate surface area is 177 Å². The molecule has 3 aromatic heterocycles. The Hall–Kier alpha value is -2.03. The predicted octanol–water partition coefficient (Wildman–Crippen LogP) is 5.06. The summed E-state index contributed by atoms with van der Waals surface area (Å²) < 4.78 is 8.72. The van der Waals surface area contributed by atoms with Crippen LogP contribution < -0.4 is 5.32 Å². The standard InChI is InChI=1S/C20H23BrN4O2S/c1-13(2)27-20(3,4)16-17(21)28-19(23-16)24-18(26)15-6-5-11-25(15)12-14-7-9-22-10-8-14/h5-11,13H,12H2,1-4H3,(H,23,24,26). The first-order chi connectivity index (χ1) is 13.3. The molecule has 3 rings (SSSR count). The molecular weight excluding hydrogens is 440 g/mol. The molecule has 6 nitrogen and oxygen atoms in total. The van der Waals surface area contributed by atoms with Crippen LogP contribution in [0.25, 0.3) is 0 Å². The molecule has 0 spiro atoms. The summed E-state index contributed by atoms with van der Waals surface area (Å²) in [5.74, 6) is -0.200. The monoisotopic (exact) mass is 462 g/mol. The maximum atomic E-state index is 12.8. The van der Waals surface area contributed by atoms with Gasteiger partial charge in [0.15, 0.2) is 5.13 Å². The van der Waals surface area contributed by atoms with E-state index >= 15 is 0 Å². The Kier molecular flexibility index (Phi) is 6.32. The molecule has 0 aliphatic carbocycles. The van der Waals surface area contributed by atoms with Crippen molar-refractivity contribution in [1.29, 1.82) is 0 Å². The lowest BCUT2D eigenvalue weighted by Gasteiger charge is -2.26. The van der Waals surface area contributed by atoms with Gasteiger partial charge in [-0.15, -0.1) is 0 Å². The predicted molar refractivity (Wildman–Crippen MR) is 115 cm³/mol. The van der Waals surface area contributed by atoms with Crippen LogP contribution in [-0.4, -0.2) is 26.5 Å². The highest BCUT2D eigenvalue weighted by Gasteiger charge is 2.29. The van der Waals surface area contributed by atoms with Crippen molar-refractivity contribution in [2.45, 2.75) is 45.9 Å². The van der Waals surface area contributed by atoms with Crippen LogP contribution in [-0.2, 0) is 16.9 Å². The normalized spacial score (nSPS) is 11.8. The largest absolute Gasteiger partial charge is 0.367 e. The van der Waals surface area contributed by atoms with E-state index in [0.717, 1.165) is 15.0 Å². The number of ether oxygens (including phenoxy) is 1. The van der Waals surface area contributed by atoms with Gasteiger partial charge in [-0.1, -0.05) is 11.3 Å². The van der Waals surface area contributed by atoms with Gasteiger partial charge in [0.25, 0.3) is 5.91 Å². The lowest BCUT2D eigenvalue weighted by Crippen LogP contribution is -2.26. The zero-order valence-corrected chi connectivity index (χ0v) is 18.7. The van der Waals surface area contributed by atoms with Crippen molar-refractivity contribution in [3.05, 3.63) is 63.6 Å². The summed E-state index contributed by atoms with van der Waals surface area (Å²) in [5, 5.41) is 3.44. The van der Waals surface area contributed by atoms with Crippen molar-refractivity contribution < 1.29 is 9.53 Å². The van der Waals surface area contributed by atoms with E-state index in [-0.39, 0.29) is 12.0 Å². The third-order valence-electron chi connectivity index (χ3n) is 4.07. The second-order valence-corrected chi connectivity index (χ2v) is 9.47. The third-order valence-corrected chi connectivity index (χ3v) is 5.69. The fourth-order valence-corrected chi connectivity index (χ4v) is 4.84. The molecule has 1 amide bonds. The maximum absolute atomic E-state index is 12.8. The zero-order chi connectivity index (χ0) is 20.3. The summed E-state index contributed by atoms with van der Waals surface area (Å²) in [7, 11) is 0. The summed E-state index contributed by atoms with van der Waals surface area (Å²) in [6.07, 6.45) is 5.44. The molecule has 3 aromatic rings. The minimum Gasteiger partial charge on any atom is -0.367 e. The number of anilines is 1. The average molecular weight is 463 g/mol. The van der Waals surface area contributed by atoms with E-state index in [1.807, 2.05) is 56.7 Å². The molecule has 0 bridgehead atoms. The zero-order valence-electron chi connectivity index (χ0n) is 16.3. The number of hydrogen-bond donors (Lipinski definition) is 1. The number of nitrogens with one attached hydrogen (secondary N) is 1. The van der Waals surface area contributed by atoms with Gasteiger partial charge in [-0.3, -0.25) is 15.1 Å². The van der Waals surface area contributed by atoms with Gasteiger partial charge in [-0.2, -0.15) is 0 Å². The topological polar surface area (TPSA) is 69.0 Å². The van der Waals surface area contributed by atoms with Gasteiger partial charge in [-0.25, -0.2) is 4.98 Å². The quantitative estimate of drug-likeness (QED) is 0.532. The van der Waals surface area contributed by atoms with Crippen molar-refractivity contribution in [1.82, 2.24) is 14.5 Å². The van der Waals surface area contributed by atoms with Crippen LogP contribution in [0.15, 0.2) is 46.6 Å². The van der Waals surface area contributed by atoms with Crippen LogP contribution in [0.3, 0.4) is 0 Å². The molecule has 0 aliphatic rings. The first-order valence-corrected chi connectivity index (χ1v) is 10.6. The van der Waals surface area contributed by atoms with Gasteiger partial charge < -0.3 is 9.30 Å². The van der Waals surface area contributed by atoms with Crippen LogP contribution in [0.1, 0.15) is 49.4 Å². The molecule has 0 atom stereocenters. The molecule has 148 valence electrons. The molecule has 0 saturated carbocycles. The fraction of sp³-hybridized carbons (Fsp3) is 0.350. The van der Waals surface area contributed by atoms with Crippen molar-refractivity contribution in [2.75, 3.05) is 5.32 Å². The number of nitrogens with zero attached hydrogens (tertiary/aromatic N) is 3. The molecule has 0 unspecified atom stereocenters. The number of amides is 1. The lowest BCUT2D eigenvalue weighted by atomic mass is 10.1.